The van der Waals surface area contributed by atoms with Crippen molar-refractivity contribution >= 4 is 5.78 Å². The van der Waals surface area contributed by atoms with Crippen molar-refractivity contribution in [1.29, 1.82) is 0 Å². The van der Waals surface area contributed by atoms with Crippen molar-refractivity contribution in [3.8, 4) is 5.75 Å². The third kappa shape index (κ3) is 1.65. The van der Waals surface area contributed by atoms with Gasteiger partial charge in [0.2, 0.25) is 0 Å². The van der Waals surface area contributed by atoms with Crippen LogP contribution in [-0.2, 0) is 12.8 Å². The summed E-state index contributed by atoms with van der Waals surface area (Å²) in [5, 5.41) is 19.4. The van der Waals surface area contributed by atoms with Gasteiger partial charge in [-0.05, 0) is 48.9 Å². The first kappa shape index (κ1) is 13.1. The molecule has 0 unspecified atom stereocenters. The lowest BCUT2D eigenvalue weighted by atomic mass is 9.88. The van der Waals surface area contributed by atoms with Crippen LogP contribution in [0, 0.1) is 19.3 Å². The summed E-state index contributed by atoms with van der Waals surface area (Å²) >= 11 is 0. The highest BCUT2D eigenvalue weighted by Crippen LogP contribution is 2.44. The van der Waals surface area contributed by atoms with Gasteiger partial charge in [-0.3, -0.25) is 4.79 Å². The molecular formula is C15H20O3. The number of hydrogen-bond acceptors (Lipinski definition) is 3. The maximum absolute atomic E-state index is 12.3. The Hall–Kier alpha value is -1.35. The molecule has 0 fully saturated rings. The van der Waals surface area contributed by atoms with E-state index in [0.717, 1.165) is 22.3 Å². The molecule has 0 heterocycles. The zero-order valence-electron chi connectivity index (χ0n) is 11.4. The van der Waals surface area contributed by atoms with Crippen molar-refractivity contribution in [1.82, 2.24) is 0 Å². The first-order chi connectivity index (χ1) is 8.31. The van der Waals surface area contributed by atoms with Crippen molar-refractivity contribution in [2.45, 2.75) is 40.5 Å². The standard InChI is InChI=1S/C15H20O3/c1-8-10(5-6-16)9(2)13(17)12-11(8)7-15(3,4)14(12)18/h16-17H,5-7H2,1-4H3. The minimum absolute atomic E-state index is 0.0248. The van der Waals surface area contributed by atoms with Crippen LogP contribution in [0.15, 0.2) is 0 Å². The van der Waals surface area contributed by atoms with Crippen LogP contribution in [0.3, 0.4) is 0 Å². The highest BCUT2D eigenvalue weighted by molar-refractivity contribution is 6.07. The number of aliphatic hydroxyl groups is 1. The second kappa shape index (κ2) is 4.09. The van der Waals surface area contributed by atoms with E-state index in [1.807, 2.05) is 27.7 Å². The van der Waals surface area contributed by atoms with Gasteiger partial charge in [0.25, 0.3) is 0 Å². The number of fused-ring (bicyclic) bond motifs is 1. The van der Waals surface area contributed by atoms with Gasteiger partial charge in [-0.25, -0.2) is 0 Å². The highest BCUT2D eigenvalue weighted by Gasteiger charge is 2.41. The van der Waals surface area contributed by atoms with E-state index >= 15 is 0 Å². The first-order valence-electron chi connectivity index (χ1n) is 6.30. The van der Waals surface area contributed by atoms with Gasteiger partial charge in [0.05, 0.1) is 5.56 Å². The summed E-state index contributed by atoms with van der Waals surface area (Å²) in [7, 11) is 0. The SMILES string of the molecule is Cc1c(O)c2c(c(C)c1CCO)CC(C)(C)C2=O. The second-order valence-corrected chi connectivity index (χ2v) is 5.79. The molecule has 0 bridgehead atoms. The van der Waals surface area contributed by atoms with E-state index in [2.05, 4.69) is 0 Å². The van der Waals surface area contributed by atoms with Crippen LogP contribution in [0.2, 0.25) is 0 Å². The third-order valence-electron chi connectivity index (χ3n) is 4.07. The van der Waals surface area contributed by atoms with Crippen molar-refractivity contribution in [3.05, 3.63) is 27.8 Å². The molecule has 0 spiro atoms. The summed E-state index contributed by atoms with van der Waals surface area (Å²) in [6.07, 6.45) is 1.19. The molecule has 1 aromatic rings. The lowest BCUT2D eigenvalue weighted by Crippen LogP contribution is -2.19. The Kier molecular flexibility index (Phi) is 2.98. The Balaban J connectivity index is 2.72. The molecule has 0 aliphatic heterocycles. The fourth-order valence-corrected chi connectivity index (χ4v) is 2.94. The maximum Gasteiger partial charge on any atom is 0.172 e. The van der Waals surface area contributed by atoms with E-state index in [4.69, 9.17) is 5.11 Å². The van der Waals surface area contributed by atoms with Crippen LogP contribution < -0.4 is 0 Å². The smallest absolute Gasteiger partial charge is 0.172 e. The number of carbonyl (C=O) groups is 1. The molecule has 0 radical (unpaired) electrons. The van der Waals surface area contributed by atoms with Gasteiger partial charge in [0.1, 0.15) is 5.75 Å². The largest absolute Gasteiger partial charge is 0.507 e. The van der Waals surface area contributed by atoms with Gasteiger partial charge in [0.15, 0.2) is 5.78 Å². The van der Waals surface area contributed by atoms with E-state index in [-0.39, 0.29) is 18.1 Å². The Morgan fingerprint density at radius 1 is 1.22 bits per heavy atom. The summed E-state index contributed by atoms with van der Waals surface area (Å²) in [5.41, 5.74) is 3.77. The van der Waals surface area contributed by atoms with Gasteiger partial charge in [-0.2, -0.15) is 0 Å². The molecule has 1 aromatic carbocycles. The zero-order valence-corrected chi connectivity index (χ0v) is 11.4. The topological polar surface area (TPSA) is 57.5 Å². The fraction of sp³-hybridized carbons (Fsp3) is 0.533. The van der Waals surface area contributed by atoms with Crippen LogP contribution in [0.25, 0.3) is 0 Å². The first-order valence-corrected chi connectivity index (χ1v) is 6.30. The summed E-state index contributed by atoms with van der Waals surface area (Å²) < 4.78 is 0. The van der Waals surface area contributed by atoms with E-state index in [9.17, 15) is 9.90 Å². The summed E-state index contributed by atoms with van der Waals surface area (Å²) in [6.45, 7) is 7.67. The molecule has 0 saturated heterocycles. The van der Waals surface area contributed by atoms with Crippen molar-refractivity contribution < 1.29 is 15.0 Å². The van der Waals surface area contributed by atoms with Crippen LogP contribution in [-0.4, -0.2) is 22.6 Å². The van der Waals surface area contributed by atoms with Gasteiger partial charge in [-0.15, -0.1) is 0 Å². The average Bonchev–Trinajstić information content (AvgIpc) is 2.54. The molecule has 0 saturated carbocycles. The Labute approximate surface area is 107 Å². The Morgan fingerprint density at radius 2 is 1.83 bits per heavy atom. The van der Waals surface area contributed by atoms with Crippen molar-refractivity contribution in [2.75, 3.05) is 6.61 Å². The minimum atomic E-state index is -0.436. The van der Waals surface area contributed by atoms with Crippen molar-refractivity contribution in [3.63, 3.8) is 0 Å². The van der Waals surface area contributed by atoms with Crippen LogP contribution >= 0.6 is 0 Å². The molecule has 2 rings (SSSR count). The highest BCUT2D eigenvalue weighted by atomic mass is 16.3. The molecule has 0 aromatic heterocycles. The molecular weight excluding hydrogens is 228 g/mol. The fourth-order valence-electron chi connectivity index (χ4n) is 2.94. The monoisotopic (exact) mass is 248 g/mol. The van der Waals surface area contributed by atoms with Gasteiger partial charge >= 0.3 is 0 Å². The number of phenols is 1. The van der Waals surface area contributed by atoms with Gasteiger partial charge < -0.3 is 10.2 Å². The molecule has 2 N–H and O–H groups in total. The Bertz CT molecular complexity index is 527. The van der Waals surface area contributed by atoms with E-state index in [1.54, 1.807) is 0 Å². The van der Waals surface area contributed by atoms with E-state index in [0.29, 0.717) is 18.4 Å². The number of phenolic OH excluding ortho intramolecular Hbond substituents is 1. The van der Waals surface area contributed by atoms with Gasteiger partial charge in [0, 0.05) is 12.0 Å². The zero-order chi connectivity index (χ0) is 13.7. The predicted octanol–water partition coefficient (Wildman–Crippen LogP) is 2.31. The van der Waals surface area contributed by atoms with Crippen LogP contribution in [0.5, 0.6) is 5.75 Å². The molecule has 0 amide bonds. The number of aromatic hydroxyl groups is 1. The normalized spacial score (nSPS) is 17.1. The molecule has 3 nitrogen and oxygen atoms in total. The van der Waals surface area contributed by atoms with Crippen molar-refractivity contribution in [2.24, 2.45) is 5.41 Å². The summed E-state index contributed by atoms with van der Waals surface area (Å²) in [4.78, 5) is 12.3. The lowest BCUT2D eigenvalue weighted by molar-refractivity contribution is 0.0861. The molecule has 3 heteroatoms. The third-order valence-corrected chi connectivity index (χ3v) is 4.07. The molecule has 0 atom stereocenters. The molecule has 1 aliphatic carbocycles. The van der Waals surface area contributed by atoms with E-state index in [1.165, 1.54) is 0 Å². The predicted molar refractivity (Wildman–Crippen MR) is 70.2 cm³/mol. The van der Waals surface area contributed by atoms with Gasteiger partial charge in [-0.1, -0.05) is 13.8 Å². The number of ketones is 1. The summed E-state index contributed by atoms with van der Waals surface area (Å²) in [5.74, 6) is 0.131. The van der Waals surface area contributed by atoms with Crippen LogP contribution in [0.4, 0.5) is 0 Å². The van der Waals surface area contributed by atoms with Crippen LogP contribution in [0.1, 0.15) is 46.5 Å². The number of Topliss-reactive ketones (excluding diaryl/α,β-unsaturated/α-hetero) is 1. The number of benzene rings is 1. The Morgan fingerprint density at radius 3 is 2.39 bits per heavy atom. The lowest BCUT2D eigenvalue weighted by Gasteiger charge is -2.15. The molecule has 18 heavy (non-hydrogen) atoms. The number of aliphatic hydroxyl groups excluding tert-OH is 1. The average molecular weight is 248 g/mol. The maximum atomic E-state index is 12.3. The quantitative estimate of drug-likeness (QED) is 0.844. The minimum Gasteiger partial charge on any atom is -0.507 e. The molecule has 98 valence electrons. The summed E-state index contributed by atoms with van der Waals surface area (Å²) in [6, 6.07) is 0. The molecule has 1 aliphatic rings. The number of rotatable bonds is 2. The number of carbonyl (C=O) groups excluding carboxylic acids is 1. The number of hydrogen-bond donors (Lipinski definition) is 2. The second-order valence-electron chi connectivity index (χ2n) is 5.79. The van der Waals surface area contributed by atoms with E-state index < -0.39 is 5.41 Å².